The van der Waals surface area contributed by atoms with E-state index in [1.165, 1.54) is 23.5 Å². The predicted molar refractivity (Wildman–Crippen MR) is 99.6 cm³/mol. The fourth-order valence-electron chi connectivity index (χ4n) is 2.43. The monoisotopic (exact) mass is 387 g/mol. The molecule has 0 aliphatic heterocycles. The lowest BCUT2D eigenvalue weighted by atomic mass is 10.1. The molecule has 2 amide bonds. The smallest absolute Gasteiger partial charge is 0.226 e. The molecule has 3 rings (SSSR count). The third kappa shape index (κ3) is 5.75. The van der Waals surface area contributed by atoms with Gasteiger partial charge in [-0.3, -0.25) is 9.59 Å². The van der Waals surface area contributed by atoms with Gasteiger partial charge in [-0.1, -0.05) is 12.1 Å². The molecule has 27 heavy (non-hydrogen) atoms. The average molecular weight is 387 g/mol. The number of hydrogen-bond acceptors (Lipinski definition) is 5. The molecule has 0 aliphatic rings. The number of aromatic nitrogens is 1. The molecule has 0 radical (unpaired) electrons. The van der Waals surface area contributed by atoms with Crippen LogP contribution in [0.1, 0.15) is 11.3 Å². The third-order valence-corrected chi connectivity index (χ3v) is 4.55. The molecule has 0 atom stereocenters. The molecule has 2 aromatic heterocycles. The molecule has 140 valence electrons. The molecule has 0 aliphatic carbocycles. The van der Waals surface area contributed by atoms with E-state index in [0.29, 0.717) is 30.1 Å². The quantitative estimate of drug-likeness (QED) is 0.582. The van der Waals surface area contributed by atoms with E-state index in [2.05, 4.69) is 15.6 Å². The molecule has 0 fully saturated rings. The second-order valence-electron chi connectivity index (χ2n) is 5.80. The maximum Gasteiger partial charge on any atom is 0.226 e. The number of nitrogens with one attached hydrogen (secondary N) is 2. The van der Waals surface area contributed by atoms with Crippen molar-refractivity contribution in [3.8, 4) is 10.8 Å². The van der Waals surface area contributed by atoms with Crippen molar-refractivity contribution >= 4 is 23.2 Å². The van der Waals surface area contributed by atoms with E-state index in [0.717, 1.165) is 5.01 Å². The van der Waals surface area contributed by atoms with E-state index in [4.69, 9.17) is 4.42 Å². The van der Waals surface area contributed by atoms with E-state index in [1.807, 2.05) is 11.4 Å². The third-order valence-electron chi connectivity index (χ3n) is 3.65. The van der Waals surface area contributed by atoms with Gasteiger partial charge < -0.3 is 15.1 Å². The first-order chi connectivity index (χ1) is 13.1. The van der Waals surface area contributed by atoms with Gasteiger partial charge in [0.15, 0.2) is 10.8 Å². The van der Waals surface area contributed by atoms with Crippen LogP contribution < -0.4 is 10.6 Å². The van der Waals surface area contributed by atoms with Crippen LogP contribution in [-0.2, 0) is 22.4 Å². The van der Waals surface area contributed by atoms with E-state index in [9.17, 15) is 14.0 Å². The molecule has 0 saturated carbocycles. The van der Waals surface area contributed by atoms with Crippen molar-refractivity contribution in [1.82, 2.24) is 15.6 Å². The van der Waals surface area contributed by atoms with Crippen LogP contribution in [0.5, 0.6) is 0 Å². The number of carbonyl (C=O) groups excluding carboxylic acids is 2. The zero-order valence-electron chi connectivity index (χ0n) is 14.4. The van der Waals surface area contributed by atoms with E-state index < -0.39 is 0 Å². The van der Waals surface area contributed by atoms with Crippen LogP contribution in [0, 0.1) is 5.82 Å². The van der Waals surface area contributed by atoms with Crippen molar-refractivity contribution in [2.24, 2.45) is 0 Å². The first kappa shape index (κ1) is 18.8. The molecule has 0 spiro atoms. The number of rotatable bonds is 8. The lowest BCUT2D eigenvalue weighted by Crippen LogP contribution is -2.36. The Morgan fingerprint density at radius 1 is 1.07 bits per heavy atom. The van der Waals surface area contributed by atoms with Crippen LogP contribution in [0.2, 0.25) is 0 Å². The van der Waals surface area contributed by atoms with Gasteiger partial charge in [0.1, 0.15) is 5.82 Å². The number of amides is 2. The Bertz CT molecular complexity index is 909. The Labute approximate surface area is 159 Å². The summed E-state index contributed by atoms with van der Waals surface area (Å²) >= 11 is 1.41. The van der Waals surface area contributed by atoms with Gasteiger partial charge in [-0.2, -0.15) is 0 Å². The second-order valence-corrected chi connectivity index (χ2v) is 6.66. The van der Waals surface area contributed by atoms with Crippen LogP contribution in [0.15, 0.2) is 52.5 Å². The molecule has 0 bridgehead atoms. The molecule has 6 nitrogen and oxygen atoms in total. The lowest BCUT2D eigenvalue weighted by Gasteiger charge is -2.07. The summed E-state index contributed by atoms with van der Waals surface area (Å²) in [4.78, 5) is 28.1. The highest BCUT2D eigenvalue weighted by Crippen LogP contribution is 2.23. The summed E-state index contributed by atoms with van der Waals surface area (Å²) in [5, 5.41) is 7.97. The Kier molecular flexibility index (Phi) is 6.32. The van der Waals surface area contributed by atoms with Gasteiger partial charge in [0.25, 0.3) is 0 Å². The zero-order chi connectivity index (χ0) is 19.1. The van der Waals surface area contributed by atoms with E-state index >= 15 is 0 Å². The van der Waals surface area contributed by atoms with Gasteiger partial charge in [0, 0.05) is 18.5 Å². The Hall–Kier alpha value is -3.00. The minimum Gasteiger partial charge on any atom is -0.462 e. The average Bonchev–Trinajstić information content (AvgIpc) is 3.30. The van der Waals surface area contributed by atoms with Crippen molar-refractivity contribution in [3.05, 3.63) is 65.1 Å². The SMILES string of the molecule is O=C(Cc1cccc(F)c1)NCCNC(=O)Cc1csc(-c2ccco2)n1. The summed E-state index contributed by atoms with van der Waals surface area (Å²) in [6.45, 7) is 0.609. The highest BCUT2D eigenvalue weighted by molar-refractivity contribution is 7.13. The highest BCUT2D eigenvalue weighted by atomic mass is 32.1. The first-order valence-electron chi connectivity index (χ1n) is 8.36. The maximum absolute atomic E-state index is 13.1. The minimum atomic E-state index is -0.371. The molecular formula is C19H18FN3O3S. The number of hydrogen-bond donors (Lipinski definition) is 2. The van der Waals surface area contributed by atoms with Crippen LogP contribution in [0.3, 0.4) is 0 Å². The summed E-state index contributed by atoms with van der Waals surface area (Å²) in [6.07, 6.45) is 1.83. The lowest BCUT2D eigenvalue weighted by molar-refractivity contribution is -0.122. The van der Waals surface area contributed by atoms with Gasteiger partial charge in [-0.05, 0) is 29.8 Å². The van der Waals surface area contributed by atoms with Crippen molar-refractivity contribution in [3.63, 3.8) is 0 Å². The van der Waals surface area contributed by atoms with Crippen molar-refractivity contribution in [2.75, 3.05) is 13.1 Å². The normalized spacial score (nSPS) is 10.6. The fraction of sp³-hybridized carbons (Fsp3) is 0.211. The topological polar surface area (TPSA) is 84.2 Å². The van der Waals surface area contributed by atoms with E-state index in [1.54, 1.807) is 24.5 Å². The first-order valence-corrected chi connectivity index (χ1v) is 9.24. The standard InChI is InChI=1S/C19H18FN3O3S/c20-14-4-1-3-13(9-14)10-17(24)21-6-7-22-18(25)11-15-12-27-19(23-15)16-5-2-8-26-16/h1-5,8-9,12H,6-7,10-11H2,(H,21,24)(H,22,25). The summed E-state index contributed by atoms with van der Waals surface area (Å²) in [7, 11) is 0. The number of nitrogens with zero attached hydrogens (tertiary/aromatic N) is 1. The van der Waals surface area contributed by atoms with Crippen LogP contribution in [-0.4, -0.2) is 29.9 Å². The molecule has 8 heteroatoms. The minimum absolute atomic E-state index is 0.0973. The van der Waals surface area contributed by atoms with Crippen molar-refractivity contribution in [1.29, 1.82) is 0 Å². The zero-order valence-corrected chi connectivity index (χ0v) is 15.2. The molecule has 2 heterocycles. The number of furan rings is 1. The molecular weight excluding hydrogens is 369 g/mol. The van der Waals surface area contributed by atoms with Gasteiger partial charge in [0.2, 0.25) is 11.8 Å². The Morgan fingerprint density at radius 3 is 2.56 bits per heavy atom. The van der Waals surface area contributed by atoms with Crippen LogP contribution >= 0.6 is 11.3 Å². The number of carbonyl (C=O) groups is 2. The van der Waals surface area contributed by atoms with Gasteiger partial charge in [-0.15, -0.1) is 11.3 Å². The van der Waals surface area contributed by atoms with Gasteiger partial charge in [0.05, 0.1) is 24.8 Å². The molecule has 0 saturated heterocycles. The summed E-state index contributed by atoms with van der Waals surface area (Å²) in [6, 6.07) is 9.51. The van der Waals surface area contributed by atoms with Crippen molar-refractivity contribution in [2.45, 2.75) is 12.8 Å². The van der Waals surface area contributed by atoms with Crippen LogP contribution in [0.25, 0.3) is 10.8 Å². The fourth-order valence-corrected chi connectivity index (χ4v) is 3.21. The molecule has 3 aromatic rings. The highest BCUT2D eigenvalue weighted by Gasteiger charge is 2.10. The second kappa shape index (κ2) is 9.09. The van der Waals surface area contributed by atoms with Crippen LogP contribution in [0.4, 0.5) is 4.39 Å². The molecule has 2 N–H and O–H groups in total. The Morgan fingerprint density at radius 2 is 1.85 bits per heavy atom. The van der Waals surface area contributed by atoms with E-state index in [-0.39, 0.29) is 30.5 Å². The maximum atomic E-state index is 13.1. The Balaban J connectivity index is 1.35. The molecule has 0 unspecified atom stereocenters. The van der Waals surface area contributed by atoms with Gasteiger partial charge >= 0.3 is 0 Å². The number of benzene rings is 1. The summed E-state index contributed by atoms with van der Waals surface area (Å²) in [5.41, 5.74) is 1.27. The number of thiazole rings is 1. The largest absolute Gasteiger partial charge is 0.462 e. The van der Waals surface area contributed by atoms with Crippen molar-refractivity contribution < 1.29 is 18.4 Å². The summed E-state index contributed by atoms with van der Waals surface area (Å²) in [5.74, 6) is -0.0967. The molecule has 1 aromatic carbocycles. The predicted octanol–water partition coefficient (Wildman–Crippen LogP) is 2.56. The number of halogens is 1. The van der Waals surface area contributed by atoms with Gasteiger partial charge in [-0.25, -0.2) is 9.37 Å². The summed E-state index contributed by atoms with van der Waals surface area (Å²) < 4.78 is 18.4.